The van der Waals surface area contributed by atoms with Crippen molar-refractivity contribution >= 4 is 22.9 Å². The van der Waals surface area contributed by atoms with Crippen LogP contribution < -0.4 is 4.74 Å². The van der Waals surface area contributed by atoms with Crippen molar-refractivity contribution in [2.24, 2.45) is 0 Å². The van der Waals surface area contributed by atoms with Crippen LogP contribution in [-0.4, -0.2) is 55.5 Å². The predicted molar refractivity (Wildman–Crippen MR) is 130 cm³/mol. The van der Waals surface area contributed by atoms with Crippen molar-refractivity contribution in [1.29, 1.82) is 5.26 Å². The first-order valence-electron chi connectivity index (χ1n) is 11.0. The summed E-state index contributed by atoms with van der Waals surface area (Å²) < 4.78 is 34.0. The van der Waals surface area contributed by atoms with Crippen LogP contribution in [0.4, 0.5) is 14.5 Å². The molecule has 1 aliphatic heterocycles. The van der Waals surface area contributed by atoms with Gasteiger partial charge in [0.15, 0.2) is 11.6 Å². The Morgan fingerprint density at radius 2 is 1.89 bits per heavy atom. The summed E-state index contributed by atoms with van der Waals surface area (Å²) in [6.45, 7) is 9.83. The van der Waals surface area contributed by atoms with Crippen LogP contribution in [0, 0.1) is 29.5 Å². The van der Waals surface area contributed by atoms with E-state index in [1.165, 1.54) is 42.7 Å². The lowest BCUT2D eigenvalue weighted by atomic mass is 10.0. The molecule has 1 amide bonds. The van der Waals surface area contributed by atoms with E-state index in [1.807, 2.05) is 4.90 Å². The third kappa shape index (κ3) is 5.17. The predicted octanol–water partition coefficient (Wildman–Crippen LogP) is 5.59. The van der Waals surface area contributed by atoms with Crippen molar-refractivity contribution in [2.75, 3.05) is 39.8 Å². The minimum Gasteiger partial charge on any atom is -0.494 e. The highest BCUT2D eigenvalue weighted by atomic mass is 32.1. The first kappa shape index (κ1) is 24.3. The molecule has 1 aliphatic rings. The molecule has 0 bridgehead atoms. The van der Waals surface area contributed by atoms with Crippen molar-refractivity contribution in [3.63, 3.8) is 0 Å². The summed E-state index contributed by atoms with van der Waals surface area (Å²) in [6.07, 6.45) is 0.755. The van der Waals surface area contributed by atoms with Crippen molar-refractivity contribution in [3.05, 3.63) is 70.4 Å². The Labute approximate surface area is 206 Å². The van der Waals surface area contributed by atoms with Gasteiger partial charge in [-0.15, -0.1) is 11.3 Å². The first-order chi connectivity index (χ1) is 16.9. The second-order valence-electron chi connectivity index (χ2n) is 8.06. The number of ether oxygens (including phenoxy) is 1. The zero-order valence-electron chi connectivity index (χ0n) is 19.1. The van der Waals surface area contributed by atoms with Crippen LogP contribution in [0.5, 0.6) is 5.75 Å². The SMILES string of the molecule is [C-]#[N+]c1ccc(-c2cc(C(=O)N3CCCN(CC#N)CC3)sc2-c2ccc(OC)c(F)c2)cc1F. The molecule has 178 valence electrons. The molecule has 0 unspecified atom stereocenters. The number of thiophene rings is 1. The Morgan fingerprint density at radius 1 is 1.11 bits per heavy atom. The van der Waals surface area contributed by atoms with Gasteiger partial charge in [-0.3, -0.25) is 9.69 Å². The molecule has 4 rings (SSSR count). The van der Waals surface area contributed by atoms with Crippen LogP contribution in [0.3, 0.4) is 0 Å². The molecule has 6 nitrogen and oxygen atoms in total. The Bertz CT molecular complexity index is 1340. The molecule has 0 spiro atoms. The van der Waals surface area contributed by atoms with E-state index >= 15 is 0 Å². The molecule has 0 N–H and O–H groups in total. The van der Waals surface area contributed by atoms with Gasteiger partial charge < -0.3 is 9.64 Å². The summed E-state index contributed by atoms with van der Waals surface area (Å²) >= 11 is 1.22. The number of halogens is 2. The highest BCUT2D eigenvalue weighted by Crippen LogP contribution is 2.41. The number of carbonyl (C=O) groups is 1. The van der Waals surface area contributed by atoms with Crippen LogP contribution in [0.25, 0.3) is 26.4 Å². The molecule has 9 heteroatoms. The summed E-state index contributed by atoms with van der Waals surface area (Å²) in [6, 6.07) is 12.7. The van der Waals surface area contributed by atoms with Gasteiger partial charge in [0.2, 0.25) is 5.69 Å². The van der Waals surface area contributed by atoms with Crippen LogP contribution >= 0.6 is 11.3 Å². The number of nitriles is 1. The lowest BCUT2D eigenvalue weighted by Crippen LogP contribution is -2.34. The fourth-order valence-electron chi connectivity index (χ4n) is 4.09. The zero-order chi connectivity index (χ0) is 24.9. The average molecular weight is 493 g/mol. The fourth-order valence-corrected chi connectivity index (χ4v) is 5.23. The molecule has 2 heterocycles. The van der Waals surface area contributed by atoms with Gasteiger partial charge in [-0.25, -0.2) is 13.6 Å². The van der Waals surface area contributed by atoms with E-state index < -0.39 is 11.6 Å². The number of amides is 1. The van der Waals surface area contributed by atoms with Gasteiger partial charge in [0.25, 0.3) is 5.91 Å². The van der Waals surface area contributed by atoms with E-state index in [9.17, 15) is 13.6 Å². The van der Waals surface area contributed by atoms with E-state index in [0.717, 1.165) is 13.0 Å². The van der Waals surface area contributed by atoms with Crippen molar-refractivity contribution in [2.45, 2.75) is 6.42 Å². The first-order valence-corrected chi connectivity index (χ1v) is 11.8. The Morgan fingerprint density at radius 3 is 2.57 bits per heavy atom. The molecule has 3 aromatic rings. The topological polar surface area (TPSA) is 60.9 Å². The van der Waals surface area contributed by atoms with E-state index in [2.05, 4.69) is 10.9 Å². The summed E-state index contributed by atoms with van der Waals surface area (Å²) in [4.78, 5) is 21.4. The summed E-state index contributed by atoms with van der Waals surface area (Å²) in [5, 5.41) is 8.97. The average Bonchev–Trinajstić information content (AvgIpc) is 3.17. The quantitative estimate of drug-likeness (QED) is 0.344. The molecule has 0 aliphatic carbocycles. The third-order valence-corrected chi connectivity index (χ3v) is 7.08. The molecule has 2 aromatic carbocycles. The normalized spacial score (nSPS) is 14.1. The number of carbonyl (C=O) groups excluding carboxylic acids is 1. The van der Waals surface area contributed by atoms with Gasteiger partial charge >= 0.3 is 0 Å². The van der Waals surface area contributed by atoms with Gasteiger partial charge in [0.1, 0.15) is 5.82 Å². The maximum absolute atomic E-state index is 14.5. The zero-order valence-corrected chi connectivity index (χ0v) is 19.9. The van der Waals surface area contributed by atoms with Gasteiger partial charge in [0, 0.05) is 36.6 Å². The highest BCUT2D eigenvalue weighted by Gasteiger charge is 2.24. The summed E-state index contributed by atoms with van der Waals surface area (Å²) in [5.41, 5.74) is 1.52. The van der Waals surface area contributed by atoms with Gasteiger partial charge in [0.05, 0.1) is 31.2 Å². The van der Waals surface area contributed by atoms with Crippen LogP contribution in [0.2, 0.25) is 0 Å². The van der Waals surface area contributed by atoms with Crippen molar-refractivity contribution in [1.82, 2.24) is 9.80 Å². The van der Waals surface area contributed by atoms with E-state index in [-0.39, 0.29) is 17.3 Å². The van der Waals surface area contributed by atoms with Crippen LogP contribution in [0.15, 0.2) is 42.5 Å². The molecule has 1 saturated heterocycles. The third-order valence-electron chi connectivity index (χ3n) is 5.91. The number of nitrogens with zero attached hydrogens (tertiary/aromatic N) is 4. The monoisotopic (exact) mass is 492 g/mol. The minimum atomic E-state index is -0.659. The number of benzene rings is 2. The van der Waals surface area contributed by atoms with Gasteiger partial charge in [-0.1, -0.05) is 12.1 Å². The summed E-state index contributed by atoms with van der Waals surface area (Å²) in [5.74, 6) is -1.26. The smallest absolute Gasteiger partial charge is 0.264 e. The molecule has 35 heavy (non-hydrogen) atoms. The maximum Gasteiger partial charge on any atom is 0.264 e. The van der Waals surface area contributed by atoms with Crippen LogP contribution in [-0.2, 0) is 0 Å². The second kappa shape index (κ2) is 10.6. The maximum atomic E-state index is 14.5. The van der Waals surface area contributed by atoms with E-state index in [0.29, 0.717) is 52.6 Å². The summed E-state index contributed by atoms with van der Waals surface area (Å²) in [7, 11) is 1.38. The Hall–Kier alpha value is -3.79. The molecule has 0 saturated carbocycles. The lowest BCUT2D eigenvalue weighted by molar-refractivity contribution is 0.0767. The van der Waals surface area contributed by atoms with Gasteiger partial charge in [-0.05, 0) is 47.9 Å². The number of methoxy groups -OCH3 is 1. The largest absolute Gasteiger partial charge is 0.494 e. The van der Waals surface area contributed by atoms with Crippen LogP contribution in [0.1, 0.15) is 16.1 Å². The van der Waals surface area contributed by atoms with E-state index in [1.54, 1.807) is 23.1 Å². The van der Waals surface area contributed by atoms with Crippen molar-refractivity contribution in [3.8, 4) is 33.4 Å². The molecular formula is C26H22F2N4O2S. The molecule has 1 fully saturated rings. The number of hydrogen-bond acceptors (Lipinski definition) is 5. The number of rotatable bonds is 5. The van der Waals surface area contributed by atoms with E-state index in [4.69, 9.17) is 16.6 Å². The standard InChI is InChI=1S/C26H22F2N4O2S/c1-30-22-6-4-17(14-20(22)27)19-16-24(26(33)32-10-3-9-31(11-8-29)12-13-32)35-25(19)18-5-7-23(34-2)21(28)15-18/h4-7,14-16H,3,9-13H2,2H3. The molecule has 1 aromatic heterocycles. The molecule has 0 radical (unpaired) electrons. The fraction of sp³-hybridized carbons (Fsp3) is 0.269. The minimum absolute atomic E-state index is 0.0937. The highest BCUT2D eigenvalue weighted by molar-refractivity contribution is 7.18. The Balaban J connectivity index is 1.74. The molecular weight excluding hydrogens is 470 g/mol. The lowest BCUT2D eigenvalue weighted by Gasteiger charge is -2.20. The number of hydrogen-bond donors (Lipinski definition) is 0. The second-order valence-corrected chi connectivity index (χ2v) is 9.11. The van der Waals surface area contributed by atoms with Crippen molar-refractivity contribution < 1.29 is 18.3 Å². The Kier molecular flexibility index (Phi) is 7.40. The van der Waals surface area contributed by atoms with Gasteiger partial charge in [-0.2, -0.15) is 5.26 Å². The molecule has 0 atom stereocenters.